The van der Waals surface area contributed by atoms with Gasteiger partial charge in [0.05, 0.1) is 17.2 Å². The molecule has 5 aromatic rings. The van der Waals surface area contributed by atoms with E-state index in [4.69, 9.17) is 9.72 Å². The third kappa shape index (κ3) is 5.30. The first-order chi connectivity index (χ1) is 19.4. The minimum atomic E-state index is -0.413. The number of anilines is 1. The van der Waals surface area contributed by atoms with E-state index in [1.807, 2.05) is 63.4 Å². The van der Waals surface area contributed by atoms with Crippen molar-refractivity contribution in [3.63, 3.8) is 0 Å². The highest BCUT2D eigenvalue weighted by molar-refractivity contribution is 5.99. The summed E-state index contributed by atoms with van der Waals surface area (Å²) in [7, 11) is 5.77. The Balaban J connectivity index is 1.34. The minimum Gasteiger partial charge on any atom is -0.484 e. The van der Waals surface area contributed by atoms with Gasteiger partial charge in [0.25, 0.3) is 0 Å². The Morgan fingerprint density at radius 1 is 1.20 bits per heavy atom. The van der Waals surface area contributed by atoms with Crippen LogP contribution in [0.4, 0.5) is 10.6 Å². The fraction of sp³-hybridized carbons (Fsp3) is 0.357. The number of ether oxygens (including phenoxy) is 1. The van der Waals surface area contributed by atoms with Crippen molar-refractivity contribution in [2.24, 2.45) is 7.05 Å². The topological polar surface area (TPSA) is 128 Å². The number of likely N-dealkylation sites (N-methyl/N-ethyl adjacent to an activating group) is 1. The number of carbonyl (C=O) groups excluding carboxylic acids is 1. The maximum Gasteiger partial charge on any atom is 0.342 e. The Hall–Kier alpha value is -4.58. The zero-order valence-electron chi connectivity index (χ0n) is 23.0. The molecule has 2 N–H and O–H groups in total. The zero-order chi connectivity index (χ0) is 27.8. The maximum atomic E-state index is 13.1. The van der Waals surface area contributed by atoms with Crippen LogP contribution in [0.5, 0.6) is 5.75 Å². The molecule has 40 heavy (non-hydrogen) atoms. The van der Waals surface area contributed by atoms with Gasteiger partial charge in [0, 0.05) is 61.8 Å². The van der Waals surface area contributed by atoms with Crippen LogP contribution >= 0.6 is 0 Å². The van der Waals surface area contributed by atoms with E-state index >= 15 is 0 Å². The molecule has 12 nitrogen and oxygen atoms in total. The molecule has 1 fully saturated rings. The van der Waals surface area contributed by atoms with Crippen molar-refractivity contribution >= 4 is 33.8 Å². The van der Waals surface area contributed by atoms with Gasteiger partial charge in [-0.3, -0.25) is 14.6 Å². The van der Waals surface area contributed by atoms with Crippen molar-refractivity contribution in [1.82, 2.24) is 44.7 Å². The summed E-state index contributed by atoms with van der Waals surface area (Å²) >= 11 is 0. The normalized spacial score (nSPS) is 14.1. The van der Waals surface area contributed by atoms with E-state index < -0.39 is 6.10 Å². The lowest BCUT2D eigenvalue weighted by atomic mass is 10.1. The number of carbonyl (C=O) groups is 1. The summed E-state index contributed by atoms with van der Waals surface area (Å²) in [4.78, 5) is 29.0. The Morgan fingerprint density at radius 2 is 2.02 bits per heavy atom. The van der Waals surface area contributed by atoms with Crippen molar-refractivity contribution in [2.75, 3.05) is 32.5 Å². The van der Waals surface area contributed by atoms with Crippen LogP contribution in [-0.2, 0) is 7.05 Å². The Labute approximate surface area is 231 Å². The van der Waals surface area contributed by atoms with E-state index in [9.17, 15) is 4.79 Å². The first-order valence-electron chi connectivity index (χ1n) is 13.4. The van der Waals surface area contributed by atoms with Crippen LogP contribution in [0, 0.1) is 0 Å². The summed E-state index contributed by atoms with van der Waals surface area (Å²) in [5.41, 5.74) is 4.30. The SMILES string of the molecule is C[C@@H](Oc1ccc2c(c1)c(-c1cnn(C)c1)nn2C(=O)NCCN(C)C)c1nc(NC2CC2)cc2nccnc12. The molecule has 1 aliphatic carbocycles. The monoisotopic (exact) mass is 540 g/mol. The second-order valence-corrected chi connectivity index (χ2v) is 10.4. The van der Waals surface area contributed by atoms with Crippen LogP contribution in [-0.4, -0.2) is 78.7 Å². The van der Waals surface area contributed by atoms with Crippen LogP contribution in [0.2, 0.25) is 0 Å². The van der Waals surface area contributed by atoms with Gasteiger partial charge in [0.15, 0.2) is 0 Å². The summed E-state index contributed by atoms with van der Waals surface area (Å²) < 4.78 is 9.54. The maximum absolute atomic E-state index is 13.1. The minimum absolute atomic E-state index is 0.293. The van der Waals surface area contributed by atoms with Gasteiger partial charge >= 0.3 is 6.03 Å². The summed E-state index contributed by atoms with van der Waals surface area (Å²) in [6.07, 6.45) is 8.83. The van der Waals surface area contributed by atoms with Gasteiger partial charge in [0.1, 0.15) is 34.6 Å². The second kappa shape index (κ2) is 10.5. The fourth-order valence-electron chi connectivity index (χ4n) is 4.59. The molecule has 0 spiro atoms. The van der Waals surface area contributed by atoms with Crippen molar-refractivity contribution in [2.45, 2.75) is 31.9 Å². The van der Waals surface area contributed by atoms with Gasteiger partial charge in [-0.05, 0) is 52.1 Å². The molecule has 206 valence electrons. The van der Waals surface area contributed by atoms with Gasteiger partial charge in [-0.2, -0.15) is 14.9 Å². The van der Waals surface area contributed by atoms with Crippen LogP contribution in [0.15, 0.2) is 49.1 Å². The number of benzene rings is 1. The molecule has 0 saturated heterocycles. The molecule has 1 atom stereocenters. The predicted molar refractivity (Wildman–Crippen MR) is 152 cm³/mol. The third-order valence-corrected chi connectivity index (χ3v) is 6.77. The summed E-state index contributed by atoms with van der Waals surface area (Å²) in [5.74, 6) is 1.40. The predicted octanol–water partition coefficient (Wildman–Crippen LogP) is 3.61. The number of pyridine rings is 1. The van der Waals surface area contributed by atoms with Crippen LogP contribution < -0.4 is 15.4 Å². The number of nitrogens with one attached hydrogen (secondary N) is 2. The highest BCUT2D eigenvalue weighted by Gasteiger charge is 2.24. The lowest BCUT2D eigenvalue weighted by Crippen LogP contribution is -2.34. The number of rotatable bonds is 9. The number of aryl methyl sites for hydroxylation is 1. The molecular weight excluding hydrogens is 508 g/mol. The molecule has 6 rings (SSSR count). The highest BCUT2D eigenvalue weighted by Crippen LogP contribution is 2.34. The number of fused-ring (bicyclic) bond motifs is 2. The summed E-state index contributed by atoms with van der Waals surface area (Å²) in [6.45, 7) is 3.18. The lowest BCUT2D eigenvalue weighted by Gasteiger charge is -2.17. The van der Waals surface area contributed by atoms with Gasteiger partial charge in [-0.15, -0.1) is 0 Å². The number of nitrogens with zero attached hydrogens (tertiary/aromatic N) is 8. The standard InChI is InChI=1S/C28H32N10O2/c1-17(25-27-22(29-9-10-30-27)14-24(34-25)33-19-5-6-19)40-20-7-8-23-21(13-20)26(18-15-32-37(4)16-18)35-38(23)28(39)31-11-12-36(2)3/h7-10,13-17,19H,5-6,11-12H2,1-4H3,(H,31,39)(H,33,34)/t17-/m1/s1. The van der Waals surface area contributed by atoms with Crippen molar-refractivity contribution in [1.29, 1.82) is 0 Å². The number of hydrogen-bond donors (Lipinski definition) is 2. The molecule has 1 aliphatic rings. The number of hydrogen-bond acceptors (Lipinski definition) is 9. The van der Waals surface area contributed by atoms with Crippen LogP contribution in [0.1, 0.15) is 31.6 Å². The molecule has 4 heterocycles. The van der Waals surface area contributed by atoms with Crippen molar-refractivity contribution < 1.29 is 9.53 Å². The fourth-order valence-corrected chi connectivity index (χ4v) is 4.59. The van der Waals surface area contributed by atoms with E-state index in [0.29, 0.717) is 40.8 Å². The molecular formula is C28H32N10O2. The second-order valence-electron chi connectivity index (χ2n) is 10.4. The first kappa shape index (κ1) is 25.7. The Morgan fingerprint density at radius 3 is 2.77 bits per heavy atom. The average Bonchev–Trinajstić information content (AvgIpc) is 3.51. The molecule has 1 amide bonds. The number of amides is 1. The Kier molecular flexibility index (Phi) is 6.76. The highest BCUT2D eigenvalue weighted by atomic mass is 16.5. The van der Waals surface area contributed by atoms with Crippen LogP contribution in [0.3, 0.4) is 0 Å². The quantitative estimate of drug-likeness (QED) is 0.288. The average molecular weight is 541 g/mol. The molecule has 4 aromatic heterocycles. The third-order valence-electron chi connectivity index (χ3n) is 6.77. The molecule has 0 unspecified atom stereocenters. The zero-order valence-corrected chi connectivity index (χ0v) is 23.0. The smallest absolute Gasteiger partial charge is 0.342 e. The summed E-state index contributed by atoms with van der Waals surface area (Å²) in [5, 5.41) is 16.2. The van der Waals surface area contributed by atoms with Crippen LogP contribution in [0.25, 0.3) is 33.2 Å². The van der Waals surface area contributed by atoms with Crippen molar-refractivity contribution in [3.05, 3.63) is 54.7 Å². The first-order valence-corrected chi connectivity index (χ1v) is 13.4. The van der Waals surface area contributed by atoms with Crippen molar-refractivity contribution in [3.8, 4) is 17.0 Å². The van der Waals surface area contributed by atoms with Gasteiger partial charge < -0.3 is 20.3 Å². The molecule has 12 heteroatoms. The van der Waals surface area contributed by atoms with E-state index in [2.05, 4.69) is 30.8 Å². The molecule has 0 radical (unpaired) electrons. The summed E-state index contributed by atoms with van der Waals surface area (Å²) in [6, 6.07) is 7.70. The largest absolute Gasteiger partial charge is 0.484 e. The van der Waals surface area contributed by atoms with Gasteiger partial charge in [-0.25, -0.2) is 9.78 Å². The van der Waals surface area contributed by atoms with Gasteiger partial charge in [0.2, 0.25) is 0 Å². The molecule has 1 saturated carbocycles. The lowest BCUT2D eigenvalue weighted by molar-refractivity contribution is 0.224. The van der Waals surface area contributed by atoms with Gasteiger partial charge in [-0.1, -0.05) is 0 Å². The molecule has 0 bridgehead atoms. The Bertz CT molecular complexity index is 1690. The molecule has 0 aliphatic heterocycles. The number of aromatic nitrogens is 7. The van der Waals surface area contributed by atoms with E-state index in [0.717, 1.165) is 41.7 Å². The van der Waals surface area contributed by atoms with E-state index in [1.54, 1.807) is 23.3 Å². The van der Waals surface area contributed by atoms with E-state index in [-0.39, 0.29) is 6.03 Å². The van der Waals surface area contributed by atoms with E-state index in [1.165, 1.54) is 4.68 Å². The molecule has 1 aromatic carbocycles.